The molecule has 1 N–H and O–H groups in total. The average Bonchev–Trinajstić information content (AvgIpc) is 2.64. The van der Waals surface area contributed by atoms with Crippen molar-refractivity contribution in [2.75, 3.05) is 31.5 Å². The van der Waals surface area contributed by atoms with Crippen LogP contribution < -0.4 is 5.32 Å². The van der Waals surface area contributed by atoms with Crippen molar-refractivity contribution >= 4 is 23.3 Å². The van der Waals surface area contributed by atoms with E-state index in [4.69, 9.17) is 0 Å². The Hall–Kier alpha value is -2.89. The van der Waals surface area contributed by atoms with E-state index in [1.54, 1.807) is 35.1 Å². The largest absolute Gasteiger partial charge is 0.340 e. The van der Waals surface area contributed by atoms with Gasteiger partial charge in [-0.15, -0.1) is 0 Å². The smallest absolute Gasteiger partial charge is 0.254 e. The van der Waals surface area contributed by atoms with E-state index in [0.717, 1.165) is 16.8 Å². The van der Waals surface area contributed by atoms with Crippen molar-refractivity contribution in [1.29, 1.82) is 0 Å². The lowest BCUT2D eigenvalue weighted by atomic mass is 10.1. The number of aryl methyl sites for hydroxylation is 3. The number of anilines is 2. The van der Waals surface area contributed by atoms with Crippen LogP contribution >= 0.6 is 0 Å². The molecule has 27 heavy (non-hydrogen) atoms. The Balaban J connectivity index is 1.74. The van der Waals surface area contributed by atoms with Crippen molar-refractivity contribution in [3.05, 3.63) is 52.7 Å². The second-order valence-electron chi connectivity index (χ2n) is 7.13. The summed E-state index contributed by atoms with van der Waals surface area (Å²) in [4.78, 5) is 32.2. The van der Waals surface area contributed by atoms with Gasteiger partial charge in [0.15, 0.2) is 0 Å². The fourth-order valence-corrected chi connectivity index (χ4v) is 3.54. The molecule has 1 aliphatic rings. The van der Waals surface area contributed by atoms with Crippen LogP contribution in [-0.2, 0) is 4.79 Å². The van der Waals surface area contributed by atoms with E-state index in [0.29, 0.717) is 37.6 Å². The Labute approximate surface area is 160 Å². The third kappa shape index (κ3) is 4.27. The number of nitrogens with zero attached hydrogens (tertiary/aromatic N) is 3. The van der Waals surface area contributed by atoms with Crippen LogP contribution in [0.4, 0.5) is 11.5 Å². The maximum Gasteiger partial charge on any atom is 0.254 e. The molecule has 0 atom stereocenters. The first kappa shape index (κ1) is 18.9. The molecule has 1 aliphatic heterocycles. The fraction of sp³-hybridized carbons (Fsp3) is 0.381. The van der Waals surface area contributed by atoms with E-state index in [9.17, 15) is 9.59 Å². The van der Waals surface area contributed by atoms with Gasteiger partial charge in [0.05, 0.1) is 0 Å². The average molecular weight is 366 g/mol. The van der Waals surface area contributed by atoms with Gasteiger partial charge >= 0.3 is 0 Å². The van der Waals surface area contributed by atoms with Crippen LogP contribution in [0.2, 0.25) is 0 Å². The lowest BCUT2D eigenvalue weighted by Gasteiger charge is -2.34. The minimum Gasteiger partial charge on any atom is -0.340 e. The van der Waals surface area contributed by atoms with Gasteiger partial charge in [-0.25, -0.2) is 4.98 Å². The number of hydrogen-bond acceptors (Lipinski definition) is 4. The predicted octanol–water partition coefficient (Wildman–Crippen LogP) is 3.05. The van der Waals surface area contributed by atoms with E-state index >= 15 is 0 Å². The van der Waals surface area contributed by atoms with Gasteiger partial charge in [-0.1, -0.05) is 17.7 Å². The molecule has 0 unspecified atom stereocenters. The summed E-state index contributed by atoms with van der Waals surface area (Å²) in [6.45, 7) is 10.0. The maximum absolute atomic E-state index is 12.8. The van der Waals surface area contributed by atoms with Crippen LogP contribution in [0, 0.1) is 20.8 Å². The molecular weight excluding hydrogens is 340 g/mol. The molecule has 2 aromatic rings. The van der Waals surface area contributed by atoms with E-state index < -0.39 is 0 Å². The minimum absolute atomic E-state index is 0.0268. The lowest BCUT2D eigenvalue weighted by Crippen LogP contribution is -2.50. The van der Waals surface area contributed by atoms with Crippen molar-refractivity contribution in [1.82, 2.24) is 14.8 Å². The summed E-state index contributed by atoms with van der Waals surface area (Å²) in [5, 5.41) is 3.35. The topological polar surface area (TPSA) is 65.5 Å². The van der Waals surface area contributed by atoms with Crippen molar-refractivity contribution in [3.8, 4) is 0 Å². The van der Waals surface area contributed by atoms with Crippen molar-refractivity contribution in [2.45, 2.75) is 27.7 Å². The Morgan fingerprint density at radius 1 is 0.963 bits per heavy atom. The number of rotatable bonds is 3. The zero-order valence-electron chi connectivity index (χ0n) is 16.4. The van der Waals surface area contributed by atoms with Crippen LogP contribution in [0.15, 0.2) is 30.5 Å². The Bertz CT molecular complexity index is 847. The zero-order valence-corrected chi connectivity index (χ0v) is 16.4. The van der Waals surface area contributed by atoms with Gasteiger partial charge in [0.2, 0.25) is 5.91 Å². The number of pyridine rings is 1. The van der Waals surface area contributed by atoms with Crippen molar-refractivity contribution < 1.29 is 9.59 Å². The van der Waals surface area contributed by atoms with E-state index in [2.05, 4.69) is 43.2 Å². The molecule has 1 fully saturated rings. The summed E-state index contributed by atoms with van der Waals surface area (Å²) >= 11 is 0. The minimum atomic E-state index is -0.0268. The van der Waals surface area contributed by atoms with Gasteiger partial charge in [-0.3, -0.25) is 9.59 Å². The van der Waals surface area contributed by atoms with Crippen molar-refractivity contribution in [2.24, 2.45) is 0 Å². The number of aromatic nitrogens is 1. The zero-order chi connectivity index (χ0) is 19.6. The van der Waals surface area contributed by atoms with Gasteiger partial charge in [0.1, 0.15) is 5.82 Å². The van der Waals surface area contributed by atoms with E-state index in [1.165, 1.54) is 5.56 Å². The summed E-state index contributed by atoms with van der Waals surface area (Å²) in [5.41, 5.74) is 5.13. The number of carbonyl (C=O) groups is 2. The molecule has 6 heteroatoms. The standard InChI is InChI=1S/C21H26N4O2/c1-14-11-15(2)20(16(3)12-14)23-19-13-18(5-6-22-19)21(27)25-9-7-24(8-10-25)17(4)26/h5-6,11-13H,7-10H2,1-4H3,(H,22,23). The van der Waals surface area contributed by atoms with Gasteiger partial charge < -0.3 is 15.1 Å². The summed E-state index contributed by atoms with van der Waals surface area (Å²) in [6.07, 6.45) is 1.65. The first-order chi connectivity index (χ1) is 12.8. The van der Waals surface area contributed by atoms with Crippen LogP contribution in [0.1, 0.15) is 34.0 Å². The maximum atomic E-state index is 12.8. The first-order valence-corrected chi connectivity index (χ1v) is 9.21. The molecular formula is C21H26N4O2. The van der Waals surface area contributed by atoms with E-state index in [1.807, 2.05) is 0 Å². The van der Waals surface area contributed by atoms with Crippen LogP contribution in [0.25, 0.3) is 0 Å². The molecule has 6 nitrogen and oxygen atoms in total. The molecule has 0 bridgehead atoms. The highest BCUT2D eigenvalue weighted by molar-refractivity contribution is 5.95. The highest BCUT2D eigenvalue weighted by Crippen LogP contribution is 2.25. The van der Waals surface area contributed by atoms with Gasteiger partial charge in [0.25, 0.3) is 5.91 Å². The third-order valence-electron chi connectivity index (χ3n) is 4.95. The summed E-state index contributed by atoms with van der Waals surface area (Å²) in [6, 6.07) is 7.77. The lowest BCUT2D eigenvalue weighted by molar-refractivity contribution is -0.130. The van der Waals surface area contributed by atoms with Crippen LogP contribution in [0.3, 0.4) is 0 Å². The SMILES string of the molecule is CC(=O)N1CCN(C(=O)c2ccnc(Nc3c(C)cc(C)cc3C)c2)CC1. The highest BCUT2D eigenvalue weighted by atomic mass is 16.2. The highest BCUT2D eigenvalue weighted by Gasteiger charge is 2.23. The Kier molecular flexibility index (Phi) is 5.44. The predicted molar refractivity (Wildman–Crippen MR) is 106 cm³/mol. The summed E-state index contributed by atoms with van der Waals surface area (Å²) < 4.78 is 0. The molecule has 3 rings (SSSR count). The molecule has 1 aromatic carbocycles. The summed E-state index contributed by atoms with van der Waals surface area (Å²) in [5.74, 6) is 0.681. The second-order valence-corrected chi connectivity index (χ2v) is 7.13. The van der Waals surface area contributed by atoms with Gasteiger partial charge in [0, 0.05) is 50.6 Å². The number of hydrogen-bond donors (Lipinski definition) is 1. The number of benzene rings is 1. The Morgan fingerprint density at radius 3 is 2.15 bits per heavy atom. The third-order valence-corrected chi connectivity index (χ3v) is 4.95. The molecule has 0 saturated carbocycles. The molecule has 142 valence electrons. The van der Waals surface area contributed by atoms with Gasteiger partial charge in [-0.2, -0.15) is 0 Å². The quantitative estimate of drug-likeness (QED) is 0.907. The number of nitrogens with one attached hydrogen (secondary N) is 1. The molecule has 0 radical (unpaired) electrons. The molecule has 2 amide bonds. The number of piperazine rings is 1. The molecule has 2 heterocycles. The molecule has 0 aliphatic carbocycles. The van der Waals surface area contributed by atoms with E-state index in [-0.39, 0.29) is 11.8 Å². The first-order valence-electron chi connectivity index (χ1n) is 9.21. The second kappa shape index (κ2) is 7.78. The molecule has 1 aromatic heterocycles. The van der Waals surface area contributed by atoms with Gasteiger partial charge in [-0.05, 0) is 44.0 Å². The van der Waals surface area contributed by atoms with Crippen molar-refractivity contribution in [3.63, 3.8) is 0 Å². The molecule has 0 spiro atoms. The summed E-state index contributed by atoms with van der Waals surface area (Å²) in [7, 11) is 0. The Morgan fingerprint density at radius 2 is 1.56 bits per heavy atom. The monoisotopic (exact) mass is 366 g/mol. The fourth-order valence-electron chi connectivity index (χ4n) is 3.54. The number of amides is 2. The molecule has 1 saturated heterocycles. The number of carbonyl (C=O) groups excluding carboxylic acids is 2. The van der Waals surface area contributed by atoms with Crippen LogP contribution in [-0.4, -0.2) is 52.8 Å². The van der Waals surface area contributed by atoms with Crippen LogP contribution in [0.5, 0.6) is 0 Å². The normalized spacial score (nSPS) is 14.2.